The molecule has 0 aromatic heterocycles. The first-order valence-electron chi connectivity index (χ1n) is 9.06. The number of hydrogen-bond donors (Lipinski definition) is 1. The second-order valence-electron chi connectivity index (χ2n) is 7.27. The molecule has 8 nitrogen and oxygen atoms in total. The molecule has 2 aliphatic rings. The summed E-state index contributed by atoms with van der Waals surface area (Å²) >= 11 is 0. The number of ether oxygens (including phenoxy) is 3. The minimum absolute atomic E-state index is 0.314. The molecule has 1 N–H and O–H groups in total. The van der Waals surface area contributed by atoms with Crippen LogP contribution in [-0.2, 0) is 28.6 Å². The Bertz CT molecular complexity index is 958. The van der Waals surface area contributed by atoms with Gasteiger partial charge >= 0.3 is 17.9 Å². The minimum atomic E-state index is -1.94. The van der Waals surface area contributed by atoms with Crippen molar-refractivity contribution in [2.45, 2.75) is 31.8 Å². The molecule has 3 rings (SSSR count). The smallest absolute Gasteiger partial charge is 0.337 e. The van der Waals surface area contributed by atoms with Crippen molar-refractivity contribution in [3.8, 4) is 6.07 Å². The molecule has 0 saturated carbocycles. The molecule has 0 amide bonds. The molecule has 0 fully saturated rings. The molecular formula is C21H21NO7. The molecule has 8 heteroatoms. The van der Waals surface area contributed by atoms with Crippen LogP contribution in [0.5, 0.6) is 0 Å². The summed E-state index contributed by atoms with van der Waals surface area (Å²) in [4.78, 5) is 38.5. The van der Waals surface area contributed by atoms with Crippen LogP contribution >= 0.6 is 0 Å². The molecule has 0 unspecified atom stereocenters. The fraction of sp³-hybridized carbons (Fsp3) is 0.429. The van der Waals surface area contributed by atoms with E-state index in [4.69, 9.17) is 14.2 Å². The summed E-state index contributed by atoms with van der Waals surface area (Å²) in [5.74, 6) is -6.90. The largest absolute Gasteiger partial charge is 0.511 e. The van der Waals surface area contributed by atoms with Crippen LogP contribution < -0.4 is 0 Å². The van der Waals surface area contributed by atoms with Gasteiger partial charge in [-0.3, -0.25) is 9.59 Å². The normalized spacial score (nSPS) is 27.1. The first-order valence-corrected chi connectivity index (χ1v) is 9.06. The number of hydrogen-bond acceptors (Lipinski definition) is 8. The quantitative estimate of drug-likeness (QED) is 0.603. The van der Waals surface area contributed by atoms with Crippen molar-refractivity contribution in [2.75, 3.05) is 14.2 Å². The van der Waals surface area contributed by atoms with E-state index in [9.17, 15) is 24.8 Å². The summed E-state index contributed by atoms with van der Waals surface area (Å²) < 4.78 is 15.0. The summed E-state index contributed by atoms with van der Waals surface area (Å²) in [6.07, 6.45) is -0.534. The Morgan fingerprint density at radius 2 is 1.76 bits per heavy atom. The fourth-order valence-electron chi connectivity index (χ4n) is 4.47. The number of aliphatic hydroxyl groups excluding tert-OH is 1. The SMILES string of the molecule is COC(=O)C1=C(O)[C@H](C(=O)OC)[C@@H]2c3ccccc3[C@H]1[C@]2(C#N)C(=O)OC(C)C. The Hall–Kier alpha value is -3.34. The highest BCUT2D eigenvalue weighted by atomic mass is 16.5. The Morgan fingerprint density at radius 1 is 1.14 bits per heavy atom. The third-order valence-corrected chi connectivity index (χ3v) is 5.51. The fourth-order valence-corrected chi connectivity index (χ4v) is 4.47. The third kappa shape index (κ3) is 2.69. The molecule has 152 valence electrons. The monoisotopic (exact) mass is 399 g/mol. The van der Waals surface area contributed by atoms with Gasteiger partial charge in [0.2, 0.25) is 0 Å². The summed E-state index contributed by atoms with van der Waals surface area (Å²) in [7, 11) is 2.24. The Morgan fingerprint density at radius 3 is 2.28 bits per heavy atom. The molecule has 0 saturated heterocycles. The lowest BCUT2D eigenvalue weighted by Crippen LogP contribution is -2.49. The molecule has 4 atom stereocenters. The van der Waals surface area contributed by atoms with E-state index in [1.807, 2.05) is 6.07 Å². The Kier molecular flexibility index (Phi) is 5.09. The highest BCUT2D eigenvalue weighted by Crippen LogP contribution is 2.65. The van der Waals surface area contributed by atoms with E-state index in [1.165, 1.54) is 0 Å². The topological polar surface area (TPSA) is 123 Å². The zero-order valence-corrected chi connectivity index (χ0v) is 16.5. The number of rotatable bonds is 4. The molecule has 0 aliphatic heterocycles. The van der Waals surface area contributed by atoms with Gasteiger partial charge in [-0.1, -0.05) is 24.3 Å². The number of nitrogens with zero attached hydrogens (tertiary/aromatic N) is 1. The van der Waals surface area contributed by atoms with Crippen molar-refractivity contribution in [1.82, 2.24) is 0 Å². The highest BCUT2D eigenvalue weighted by Gasteiger charge is 2.69. The van der Waals surface area contributed by atoms with Gasteiger partial charge in [-0.2, -0.15) is 5.26 Å². The van der Waals surface area contributed by atoms with Gasteiger partial charge in [-0.15, -0.1) is 0 Å². The summed E-state index contributed by atoms with van der Waals surface area (Å²) in [6, 6.07) is 8.74. The van der Waals surface area contributed by atoms with E-state index in [0.29, 0.717) is 11.1 Å². The lowest BCUT2D eigenvalue weighted by Gasteiger charge is -2.40. The number of esters is 3. The summed E-state index contributed by atoms with van der Waals surface area (Å²) in [5.41, 5.74) is -1.27. The number of fused-ring (bicyclic) bond motifs is 5. The average Bonchev–Trinajstić information content (AvgIpc) is 2.92. The molecule has 2 bridgehead atoms. The van der Waals surface area contributed by atoms with Gasteiger partial charge in [-0.25, -0.2) is 4.79 Å². The van der Waals surface area contributed by atoms with Gasteiger partial charge < -0.3 is 19.3 Å². The average molecular weight is 399 g/mol. The lowest BCUT2D eigenvalue weighted by atomic mass is 9.60. The number of nitriles is 1. The zero-order chi connectivity index (χ0) is 21.5. The molecule has 1 aromatic carbocycles. The second kappa shape index (κ2) is 7.24. The Balaban J connectivity index is 2.41. The highest BCUT2D eigenvalue weighted by molar-refractivity contribution is 5.99. The van der Waals surface area contributed by atoms with Crippen LogP contribution in [-0.4, -0.2) is 43.3 Å². The van der Waals surface area contributed by atoms with Crippen LogP contribution in [0, 0.1) is 22.7 Å². The van der Waals surface area contributed by atoms with Crippen molar-refractivity contribution in [1.29, 1.82) is 5.26 Å². The molecule has 0 radical (unpaired) electrons. The zero-order valence-electron chi connectivity index (χ0n) is 16.5. The maximum atomic E-state index is 13.3. The third-order valence-electron chi connectivity index (χ3n) is 5.51. The lowest BCUT2D eigenvalue weighted by molar-refractivity contribution is -0.161. The van der Waals surface area contributed by atoms with Crippen molar-refractivity contribution < 1.29 is 33.7 Å². The van der Waals surface area contributed by atoms with Gasteiger partial charge in [-0.05, 0) is 25.0 Å². The van der Waals surface area contributed by atoms with Gasteiger partial charge in [0, 0.05) is 11.8 Å². The first-order chi connectivity index (χ1) is 13.8. The Labute approximate surface area is 167 Å². The summed E-state index contributed by atoms with van der Waals surface area (Å²) in [5, 5.41) is 21.1. The van der Waals surface area contributed by atoms with Crippen LogP contribution in [0.2, 0.25) is 0 Å². The van der Waals surface area contributed by atoms with E-state index in [2.05, 4.69) is 0 Å². The van der Waals surface area contributed by atoms with E-state index in [0.717, 1.165) is 14.2 Å². The van der Waals surface area contributed by atoms with E-state index < -0.39 is 52.9 Å². The standard InChI is InChI=1S/C21H21NO7/c1-10(2)29-20(26)21(9-22)15-11-7-5-6-8-12(11)16(21)14(19(25)28-4)17(23)13(15)18(24)27-3/h5-8,10,13,15-16,23H,1-4H3/t13-,15+,16-,21-/m1/s1. The molecule has 0 spiro atoms. The molecule has 1 aromatic rings. The molecular weight excluding hydrogens is 378 g/mol. The molecule has 2 aliphatic carbocycles. The van der Waals surface area contributed by atoms with Crippen LogP contribution in [0.15, 0.2) is 35.6 Å². The van der Waals surface area contributed by atoms with Crippen molar-refractivity contribution >= 4 is 17.9 Å². The maximum absolute atomic E-state index is 13.3. The van der Waals surface area contributed by atoms with Gasteiger partial charge in [0.1, 0.15) is 11.7 Å². The predicted octanol–water partition coefficient (Wildman–Crippen LogP) is 2.12. The number of aliphatic hydroxyl groups is 1. The predicted molar refractivity (Wildman–Crippen MR) is 98.4 cm³/mol. The van der Waals surface area contributed by atoms with Gasteiger partial charge in [0.05, 0.1) is 32.0 Å². The number of carbonyl (C=O) groups is 3. The van der Waals surface area contributed by atoms with Crippen LogP contribution in [0.1, 0.15) is 36.8 Å². The van der Waals surface area contributed by atoms with Crippen LogP contribution in [0.4, 0.5) is 0 Å². The van der Waals surface area contributed by atoms with E-state index in [1.54, 1.807) is 38.1 Å². The minimum Gasteiger partial charge on any atom is -0.511 e. The second-order valence-corrected chi connectivity index (χ2v) is 7.27. The van der Waals surface area contributed by atoms with Gasteiger partial charge in [0.15, 0.2) is 5.41 Å². The number of carbonyl (C=O) groups excluding carboxylic acids is 3. The van der Waals surface area contributed by atoms with Crippen molar-refractivity contribution in [3.05, 3.63) is 46.7 Å². The van der Waals surface area contributed by atoms with Gasteiger partial charge in [0.25, 0.3) is 0 Å². The first kappa shape index (κ1) is 20.4. The molecule has 29 heavy (non-hydrogen) atoms. The van der Waals surface area contributed by atoms with Crippen molar-refractivity contribution in [2.24, 2.45) is 11.3 Å². The number of methoxy groups -OCH3 is 2. The summed E-state index contributed by atoms with van der Waals surface area (Å²) in [6.45, 7) is 3.26. The van der Waals surface area contributed by atoms with Crippen LogP contribution in [0.3, 0.4) is 0 Å². The van der Waals surface area contributed by atoms with Crippen LogP contribution in [0.25, 0.3) is 0 Å². The molecule has 0 heterocycles. The van der Waals surface area contributed by atoms with E-state index >= 15 is 0 Å². The van der Waals surface area contributed by atoms with E-state index in [-0.39, 0.29) is 5.57 Å². The number of benzene rings is 1. The maximum Gasteiger partial charge on any atom is 0.337 e. The van der Waals surface area contributed by atoms with Crippen molar-refractivity contribution in [3.63, 3.8) is 0 Å².